The van der Waals surface area contributed by atoms with Crippen molar-refractivity contribution < 1.29 is 14.5 Å². The molecule has 1 heterocycles. The molecule has 0 spiro atoms. The zero-order chi connectivity index (χ0) is 17.8. The van der Waals surface area contributed by atoms with Gasteiger partial charge in [-0.1, -0.05) is 30.3 Å². The number of nitro groups is 1. The Bertz CT molecular complexity index is 779. The van der Waals surface area contributed by atoms with Crippen molar-refractivity contribution in [2.24, 2.45) is 0 Å². The number of methoxy groups -OCH3 is 1. The van der Waals surface area contributed by atoms with Crippen LogP contribution in [0.25, 0.3) is 0 Å². The third-order valence-corrected chi connectivity index (χ3v) is 4.23. The number of likely N-dealkylation sites (tertiary alicyclic amines) is 1. The van der Waals surface area contributed by atoms with Gasteiger partial charge in [0.1, 0.15) is 6.04 Å². The molecule has 1 N–H and O–H groups in total. The Morgan fingerprint density at radius 1 is 1.28 bits per heavy atom. The lowest BCUT2D eigenvalue weighted by Gasteiger charge is -2.18. The number of benzene rings is 2. The number of hydrogen-bond donors (Lipinski definition) is 1. The lowest BCUT2D eigenvalue weighted by Crippen LogP contribution is -2.33. The number of amides is 1. The summed E-state index contributed by atoms with van der Waals surface area (Å²) >= 11 is 0. The highest BCUT2D eigenvalue weighted by molar-refractivity contribution is 5.86. The molecule has 0 bridgehead atoms. The van der Waals surface area contributed by atoms with E-state index in [1.165, 1.54) is 13.2 Å². The Kier molecular flexibility index (Phi) is 4.83. The summed E-state index contributed by atoms with van der Waals surface area (Å²) in [7, 11) is 1.38. The predicted molar refractivity (Wildman–Crippen MR) is 93.5 cm³/mol. The van der Waals surface area contributed by atoms with E-state index in [0.29, 0.717) is 25.2 Å². The number of anilines is 1. The van der Waals surface area contributed by atoms with E-state index in [2.05, 4.69) is 5.32 Å². The van der Waals surface area contributed by atoms with Crippen molar-refractivity contribution in [2.45, 2.75) is 19.0 Å². The highest BCUT2D eigenvalue weighted by Gasteiger charge is 2.31. The van der Waals surface area contributed by atoms with Gasteiger partial charge in [0.15, 0.2) is 5.75 Å². The van der Waals surface area contributed by atoms with Gasteiger partial charge in [-0.05, 0) is 18.1 Å². The molecular weight excluding hydrogens is 322 g/mol. The minimum Gasteiger partial charge on any atom is -0.490 e. The molecule has 0 aromatic heterocycles. The third-order valence-electron chi connectivity index (χ3n) is 4.23. The molecule has 0 saturated carbocycles. The van der Waals surface area contributed by atoms with Crippen LogP contribution in [0.4, 0.5) is 11.4 Å². The van der Waals surface area contributed by atoms with Gasteiger partial charge in [-0.3, -0.25) is 14.9 Å². The van der Waals surface area contributed by atoms with E-state index in [9.17, 15) is 14.9 Å². The van der Waals surface area contributed by atoms with Crippen molar-refractivity contribution in [2.75, 3.05) is 19.0 Å². The first-order valence-corrected chi connectivity index (χ1v) is 8.00. The molecule has 0 aliphatic carbocycles. The van der Waals surface area contributed by atoms with E-state index in [1.807, 2.05) is 35.2 Å². The summed E-state index contributed by atoms with van der Waals surface area (Å²) in [5.41, 5.74) is 1.62. The maximum atomic E-state index is 12.6. The smallest absolute Gasteiger partial charge is 0.311 e. The highest BCUT2D eigenvalue weighted by Crippen LogP contribution is 2.30. The van der Waals surface area contributed by atoms with Crippen molar-refractivity contribution in [1.29, 1.82) is 0 Å². The van der Waals surface area contributed by atoms with Gasteiger partial charge in [0, 0.05) is 30.9 Å². The van der Waals surface area contributed by atoms with Crippen LogP contribution in [-0.4, -0.2) is 35.4 Å². The van der Waals surface area contributed by atoms with Crippen LogP contribution in [0, 0.1) is 10.1 Å². The lowest BCUT2D eigenvalue weighted by molar-refractivity contribution is -0.385. The highest BCUT2D eigenvalue weighted by atomic mass is 16.6. The van der Waals surface area contributed by atoms with Crippen LogP contribution in [0.5, 0.6) is 5.75 Å². The molecule has 0 unspecified atom stereocenters. The van der Waals surface area contributed by atoms with Crippen molar-refractivity contribution in [3.63, 3.8) is 0 Å². The summed E-state index contributed by atoms with van der Waals surface area (Å²) in [6.07, 6.45) is 0.685. The van der Waals surface area contributed by atoms with Crippen molar-refractivity contribution >= 4 is 17.3 Å². The van der Waals surface area contributed by atoms with Gasteiger partial charge >= 0.3 is 5.69 Å². The van der Waals surface area contributed by atoms with Gasteiger partial charge in [0.25, 0.3) is 0 Å². The topological polar surface area (TPSA) is 84.7 Å². The first kappa shape index (κ1) is 16.8. The summed E-state index contributed by atoms with van der Waals surface area (Å²) < 4.78 is 5.06. The molecule has 1 atom stereocenters. The van der Waals surface area contributed by atoms with Gasteiger partial charge in [-0.15, -0.1) is 0 Å². The number of carbonyl (C=O) groups is 1. The van der Waals surface area contributed by atoms with Gasteiger partial charge in [0.2, 0.25) is 5.91 Å². The van der Waals surface area contributed by atoms with Crippen LogP contribution in [-0.2, 0) is 11.3 Å². The monoisotopic (exact) mass is 341 g/mol. The second-order valence-electron chi connectivity index (χ2n) is 5.87. The van der Waals surface area contributed by atoms with Crippen LogP contribution in [0.15, 0.2) is 48.5 Å². The Hall–Kier alpha value is -3.09. The number of nitro benzene ring substituents is 1. The minimum atomic E-state index is -0.495. The van der Waals surface area contributed by atoms with Crippen molar-refractivity contribution in [1.82, 2.24) is 4.90 Å². The van der Waals surface area contributed by atoms with E-state index in [-0.39, 0.29) is 23.4 Å². The van der Waals surface area contributed by atoms with E-state index in [0.717, 1.165) is 5.56 Å². The fraction of sp³-hybridized carbons (Fsp3) is 0.278. The summed E-state index contributed by atoms with van der Waals surface area (Å²) in [5, 5.41) is 14.1. The van der Waals surface area contributed by atoms with Gasteiger partial charge < -0.3 is 15.0 Å². The molecule has 2 aromatic carbocycles. The van der Waals surface area contributed by atoms with Crippen LogP contribution in [0.1, 0.15) is 12.0 Å². The van der Waals surface area contributed by atoms with Crippen LogP contribution in [0.3, 0.4) is 0 Å². The standard InChI is InChI=1S/C18H19N3O4/c1-25-17-11-14(7-8-16(17)21(23)24)19-15-9-10-20(18(15)22)12-13-5-3-2-4-6-13/h2-8,11,15,19H,9-10,12H2,1H3/t15-/m0/s1. The van der Waals surface area contributed by atoms with Crippen LogP contribution < -0.4 is 10.1 Å². The molecule has 3 rings (SSSR count). The molecule has 1 amide bonds. The molecule has 7 nitrogen and oxygen atoms in total. The van der Waals surface area contributed by atoms with Crippen LogP contribution >= 0.6 is 0 Å². The van der Waals surface area contributed by atoms with E-state index in [1.54, 1.807) is 12.1 Å². The number of ether oxygens (including phenoxy) is 1. The second-order valence-corrected chi connectivity index (χ2v) is 5.87. The first-order chi connectivity index (χ1) is 12.1. The summed E-state index contributed by atoms with van der Waals surface area (Å²) in [6, 6.07) is 14.0. The van der Waals surface area contributed by atoms with Gasteiger partial charge in [0.05, 0.1) is 12.0 Å². The Morgan fingerprint density at radius 2 is 2.04 bits per heavy atom. The van der Waals surface area contributed by atoms with Crippen LogP contribution in [0.2, 0.25) is 0 Å². The van der Waals surface area contributed by atoms with E-state index in [4.69, 9.17) is 4.74 Å². The summed E-state index contributed by atoms with van der Waals surface area (Å²) in [5.74, 6) is 0.197. The number of rotatable bonds is 6. The molecule has 1 aliphatic rings. The van der Waals surface area contributed by atoms with Gasteiger partial charge in [-0.25, -0.2) is 0 Å². The normalized spacial score (nSPS) is 16.8. The molecule has 1 saturated heterocycles. The maximum Gasteiger partial charge on any atom is 0.311 e. The average molecular weight is 341 g/mol. The number of nitrogens with zero attached hydrogens (tertiary/aromatic N) is 2. The molecule has 7 heteroatoms. The van der Waals surface area contributed by atoms with Gasteiger partial charge in [-0.2, -0.15) is 0 Å². The van der Waals surface area contributed by atoms with E-state index < -0.39 is 4.92 Å². The first-order valence-electron chi connectivity index (χ1n) is 8.00. The summed E-state index contributed by atoms with van der Waals surface area (Å²) in [4.78, 5) is 24.8. The number of nitrogens with one attached hydrogen (secondary N) is 1. The molecule has 1 fully saturated rings. The third kappa shape index (κ3) is 3.71. The molecule has 0 radical (unpaired) electrons. The lowest BCUT2D eigenvalue weighted by atomic mass is 10.2. The quantitative estimate of drug-likeness (QED) is 0.645. The zero-order valence-electron chi connectivity index (χ0n) is 13.8. The summed E-state index contributed by atoms with van der Waals surface area (Å²) in [6.45, 7) is 1.26. The SMILES string of the molecule is COc1cc(N[C@H]2CCN(Cc3ccccc3)C2=O)ccc1[N+](=O)[O-]. The van der Waals surface area contributed by atoms with Crippen molar-refractivity contribution in [3.05, 3.63) is 64.2 Å². The Morgan fingerprint density at radius 3 is 2.72 bits per heavy atom. The zero-order valence-corrected chi connectivity index (χ0v) is 13.8. The predicted octanol–water partition coefficient (Wildman–Crippen LogP) is 2.82. The number of hydrogen-bond acceptors (Lipinski definition) is 5. The minimum absolute atomic E-state index is 0.0289. The average Bonchev–Trinajstić information content (AvgIpc) is 2.95. The fourth-order valence-electron chi connectivity index (χ4n) is 2.95. The second kappa shape index (κ2) is 7.21. The Labute approximate surface area is 145 Å². The molecule has 2 aromatic rings. The molecule has 25 heavy (non-hydrogen) atoms. The largest absolute Gasteiger partial charge is 0.490 e. The van der Waals surface area contributed by atoms with E-state index >= 15 is 0 Å². The van der Waals surface area contributed by atoms with Crippen molar-refractivity contribution in [3.8, 4) is 5.75 Å². The maximum absolute atomic E-state index is 12.6. The molecule has 130 valence electrons. The Balaban J connectivity index is 1.68. The number of carbonyl (C=O) groups excluding carboxylic acids is 1. The fourth-order valence-corrected chi connectivity index (χ4v) is 2.95. The molecular formula is C18H19N3O4. The molecule has 1 aliphatic heterocycles.